The van der Waals surface area contributed by atoms with Gasteiger partial charge in [0.25, 0.3) is 0 Å². The van der Waals surface area contributed by atoms with Crippen molar-refractivity contribution >= 4 is 39.1 Å². The van der Waals surface area contributed by atoms with Crippen LogP contribution in [0.2, 0.25) is 0 Å². The minimum absolute atomic E-state index is 0.128. The second kappa shape index (κ2) is 8.25. The maximum absolute atomic E-state index is 6.57. The molecule has 5 heteroatoms. The van der Waals surface area contributed by atoms with Crippen LogP contribution in [0.5, 0.6) is 5.75 Å². The number of hydrogen-bond acceptors (Lipinski definition) is 5. The van der Waals surface area contributed by atoms with Gasteiger partial charge in [-0.3, -0.25) is 4.90 Å². The van der Waals surface area contributed by atoms with Crippen LogP contribution in [0, 0.1) is 0 Å². The van der Waals surface area contributed by atoms with Crippen LogP contribution in [-0.2, 0) is 0 Å². The summed E-state index contributed by atoms with van der Waals surface area (Å²) in [5.74, 6) is 1.76. The van der Waals surface area contributed by atoms with E-state index in [1.165, 1.54) is 0 Å². The van der Waals surface area contributed by atoms with Gasteiger partial charge in [-0.25, -0.2) is 4.99 Å². The normalized spacial score (nSPS) is 18.0. The Morgan fingerprint density at radius 1 is 0.684 bits per heavy atom. The second-order valence-corrected chi connectivity index (χ2v) is 9.60. The topological polar surface area (TPSA) is 50.0 Å². The molecule has 0 bridgehead atoms. The van der Waals surface area contributed by atoms with Gasteiger partial charge < -0.3 is 14.5 Å². The lowest BCUT2D eigenvalue weighted by Gasteiger charge is -2.40. The zero-order valence-corrected chi connectivity index (χ0v) is 20.4. The van der Waals surface area contributed by atoms with E-state index < -0.39 is 0 Å². The number of hydrogen-bond donors (Lipinski definition) is 1. The molecule has 0 radical (unpaired) electrons. The van der Waals surface area contributed by atoms with E-state index in [1.54, 1.807) is 0 Å². The van der Waals surface area contributed by atoms with Gasteiger partial charge in [-0.2, -0.15) is 0 Å². The molecular weight excluding hydrogens is 470 g/mol. The fraction of sp³-hybridized carbons (Fsp3) is 0.0606. The third-order valence-electron chi connectivity index (χ3n) is 7.33. The highest BCUT2D eigenvalue weighted by Gasteiger charge is 2.36. The van der Waals surface area contributed by atoms with Crippen molar-refractivity contribution in [3.63, 3.8) is 0 Å². The van der Waals surface area contributed by atoms with Crippen LogP contribution in [0.25, 0.3) is 21.9 Å². The largest absolute Gasteiger partial charge is 0.464 e. The molecule has 8 rings (SSSR count). The minimum Gasteiger partial charge on any atom is -0.464 e. The van der Waals surface area contributed by atoms with E-state index in [0.29, 0.717) is 0 Å². The summed E-state index contributed by atoms with van der Waals surface area (Å²) in [6.45, 7) is 0. The highest BCUT2D eigenvalue weighted by molar-refractivity contribution is 6.20. The molecule has 3 heterocycles. The maximum atomic E-state index is 6.57. The number of amidine groups is 1. The number of furan rings is 1. The molecule has 2 atom stereocenters. The van der Waals surface area contributed by atoms with Crippen molar-refractivity contribution < 1.29 is 9.15 Å². The molecule has 0 saturated carbocycles. The number of anilines is 2. The molecule has 0 spiro atoms. The average Bonchev–Trinajstić information content (AvgIpc) is 3.56. The van der Waals surface area contributed by atoms with E-state index in [2.05, 4.69) is 76.9 Å². The van der Waals surface area contributed by atoms with E-state index in [0.717, 1.165) is 61.6 Å². The van der Waals surface area contributed by atoms with Gasteiger partial charge in [-0.15, -0.1) is 0 Å². The van der Waals surface area contributed by atoms with E-state index in [1.807, 2.05) is 54.6 Å². The summed E-state index contributed by atoms with van der Waals surface area (Å²) in [6, 6.07) is 41.3. The van der Waals surface area contributed by atoms with Gasteiger partial charge in [0.1, 0.15) is 11.4 Å². The van der Waals surface area contributed by atoms with Crippen molar-refractivity contribution in [2.45, 2.75) is 12.4 Å². The first kappa shape index (κ1) is 21.1. The fourth-order valence-electron chi connectivity index (χ4n) is 5.53. The van der Waals surface area contributed by atoms with Crippen LogP contribution < -0.4 is 15.0 Å². The number of para-hydroxylation sites is 1. The van der Waals surface area contributed by atoms with E-state index in [9.17, 15) is 0 Å². The van der Waals surface area contributed by atoms with Crippen molar-refractivity contribution in [1.82, 2.24) is 0 Å². The van der Waals surface area contributed by atoms with Crippen LogP contribution in [0.1, 0.15) is 29.1 Å². The molecular formula is C33H23N3O2. The van der Waals surface area contributed by atoms with Gasteiger partial charge in [0.2, 0.25) is 0 Å². The zero-order valence-electron chi connectivity index (χ0n) is 20.4. The minimum atomic E-state index is -0.236. The van der Waals surface area contributed by atoms with E-state index >= 15 is 0 Å². The lowest BCUT2D eigenvalue weighted by atomic mass is 10.0. The first-order valence-electron chi connectivity index (χ1n) is 12.8. The summed E-state index contributed by atoms with van der Waals surface area (Å²) in [5.41, 5.74) is 6.88. The smallest absolute Gasteiger partial charge is 0.196 e. The first-order valence-corrected chi connectivity index (χ1v) is 12.8. The first-order chi connectivity index (χ1) is 18.8. The zero-order chi connectivity index (χ0) is 25.1. The number of nitrogens with zero attached hydrogens (tertiary/aromatic N) is 2. The molecule has 0 aliphatic carbocycles. The Hall–Kier alpha value is -5.03. The number of aliphatic imine (C=N–C) groups is 1. The van der Waals surface area contributed by atoms with Gasteiger partial charge >= 0.3 is 0 Å². The molecule has 0 amide bonds. The quantitative estimate of drug-likeness (QED) is 0.270. The Labute approximate surface area is 219 Å². The summed E-state index contributed by atoms with van der Waals surface area (Å²) >= 11 is 0. The van der Waals surface area contributed by atoms with Crippen LogP contribution in [0.4, 0.5) is 11.4 Å². The third kappa shape index (κ3) is 3.15. The maximum Gasteiger partial charge on any atom is 0.196 e. The summed E-state index contributed by atoms with van der Waals surface area (Å²) in [5, 5.41) is 5.53. The lowest BCUT2D eigenvalue weighted by molar-refractivity contribution is 0.263. The van der Waals surface area contributed by atoms with Crippen molar-refractivity contribution in [2.24, 2.45) is 4.99 Å². The van der Waals surface area contributed by atoms with Crippen molar-refractivity contribution in [1.29, 1.82) is 0 Å². The molecule has 2 aliphatic heterocycles. The fourth-order valence-corrected chi connectivity index (χ4v) is 5.53. The van der Waals surface area contributed by atoms with Crippen molar-refractivity contribution in [2.75, 3.05) is 10.2 Å². The molecule has 2 unspecified atom stereocenters. The molecule has 6 aromatic rings. The summed E-state index contributed by atoms with van der Waals surface area (Å²) in [4.78, 5) is 7.33. The Morgan fingerprint density at radius 2 is 1.39 bits per heavy atom. The molecule has 2 aliphatic rings. The van der Waals surface area contributed by atoms with Crippen molar-refractivity contribution in [3.05, 3.63) is 138 Å². The van der Waals surface area contributed by atoms with Gasteiger partial charge in [0.05, 0.1) is 16.8 Å². The predicted octanol–water partition coefficient (Wildman–Crippen LogP) is 8.05. The summed E-state index contributed by atoms with van der Waals surface area (Å²) in [6.07, 6.45) is -0.365. The summed E-state index contributed by atoms with van der Waals surface area (Å²) in [7, 11) is 0. The monoisotopic (exact) mass is 493 g/mol. The average molecular weight is 494 g/mol. The van der Waals surface area contributed by atoms with Gasteiger partial charge in [0, 0.05) is 16.5 Å². The molecule has 0 fully saturated rings. The molecule has 5 aromatic carbocycles. The lowest BCUT2D eigenvalue weighted by Crippen LogP contribution is -2.43. The SMILES string of the molecule is c1ccc(C2=NC(c3ccccc3)N2c2cccc3c2oc2ccc4c(c23)OC(c2ccccc2)N4)cc1. The molecule has 1 N–H and O–H groups in total. The predicted molar refractivity (Wildman–Crippen MR) is 152 cm³/mol. The number of fused-ring (bicyclic) bond motifs is 5. The van der Waals surface area contributed by atoms with Gasteiger partial charge in [0.15, 0.2) is 23.7 Å². The highest BCUT2D eigenvalue weighted by Crippen LogP contribution is 2.49. The second-order valence-electron chi connectivity index (χ2n) is 9.60. The Bertz CT molecular complexity index is 1830. The van der Waals surface area contributed by atoms with Gasteiger partial charge in [-0.1, -0.05) is 103 Å². The summed E-state index contributed by atoms with van der Waals surface area (Å²) < 4.78 is 13.1. The van der Waals surface area contributed by atoms with Crippen LogP contribution in [0.15, 0.2) is 131 Å². The van der Waals surface area contributed by atoms with Gasteiger partial charge in [-0.05, 0) is 23.8 Å². The highest BCUT2D eigenvalue weighted by atomic mass is 16.5. The molecule has 1 aromatic heterocycles. The molecule has 182 valence electrons. The Kier molecular flexibility index (Phi) is 4.58. The van der Waals surface area contributed by atoms with Crippen LogP contribution in [-0.4, -0.2) is 5.84 Å². The van der Waals surface area contributed by atoms with E-state index in [4.69, 9.17) is 14.1 Å². The van der Waals surface area contributed by atoms with E-state index in [-0.39, 0.29) is 12.4 Å². The number of benzene rings is 5. The molecule has 38 heavy (non-hydrogen) atoms. The van der Waals surface area contributed by atoms with Crippen molar-refractivity contribution in [3.8, 4) is 5.75 Å². The van der Waals surface area contributed by atoms with Crippen LogP contribution >= 0.6 is 0 Å². The molecule has 0 saturated heterocycles. The number of nitrogens with one attached hydrogen (secondary N) is 1. The Balaban J connectivity index is 1.28. The molecule has 5 nitrogen and oxygen atoms in total. The number of rotatable bonds is 4. The third-order valence-corrected chi connectivity index (χ3v) is 7.33. The standard InChI is InChI=1S/C33H23N3O2/c1-4-11-21(12-5-1)31-35-32(22-13-6-2-7-14-22)36(31)26-18-10-17-24-28-27(37-29(24)26)20-19-25-30(28)38-33(34-25)23-15-8-3-9-16-23/h1-20,31,33-34H. The van der Waals surface area contributed by atoms with Crippen LogP contribution in [0.3, 0.4) is 0 Å². The Morgan fingerprint density at radius 3 is 2.16 bits per heavy atom. The number of ether oxygens (including phenoxy) is 1.